The van der Waals surface area contributed by atoms with E-state index in [4.69, 9.17) is 4.74 Å². The van der Waals surface area contributed by atoms with Gasteiger partial charge in [-0.05, 0) is 31.2 Å². The van der Waals surface area contributed by atoms with E-state index in [0.717, 1.165) is 12.1 Å². The zero-order chi connectivity index (χ0) is 14.5. The molecule has 20 heavy (non-hydrogen) atoms. The van der Waals surface area contributed by atoms with Crippen LogP contribution in [0, 0.1) is 5.92 Å². The first-order valence-electron chi connectivity index (χ1n) is 7.60. The van der Waals surface area contributed by atoms with Gasteiger partial charge in [-0.15, -0.1) is 0 Å². The molecule has 1 fully saturated rings. The summed E-state index contributed by atoms with van der Waals surface area (Å²) in [7, 11) is 0. The number of carbonyl (C=O) groups excluding carboxylic acids is 1. The molecule has 0 radical (unpaired) electrons. The third-order valence-electron chi connectivity index (χ3n) is 3.55. The second-order valence-corrected chi connectivity index (χ2v) is 5.89. The Morgan fingerprint density at radius 2 is 1.95 bits per heavy atom. The molecule has 0 N–H and O–H groups in total. The van der Waals surface area contributed by atoms with Gasteiger partial charge < -0.3 is 4.74 Å². The third-order valence-corrected chi connectivity index (χ3v) is 3.55. The Kier molecular flexibility index (Phi) is 5.18. The van der Waals surface area contributed by atoms with Crippen LogP contribution in [0.5, 0.6) is 0 Å². The lowest BCUT2D eigenvalue weighted by Crippen LogP contribution is -2.39. The summed E-state index contributed by atoms with van der Waals surface area (Å²) < 4.78 is 5.32. The third kappa shape index (κ3) is 3.83. The Labute approximate surface area is 121 Å². The molecule has 1 aromatic rings. The molecule has 1 atom stereocenters. The van der Waals surface area contributed by atoms with E-state index in [1.807, 2.05) is 37.3 Å². The highest BCUT2D eigenvalue weighted by Gasteiger charge is 2.38. The highest BCUT2D eigenvalue weighted by molar-refractivity contribution is 5.77. The maximum absolute atomic E-state index is 12.4. The molecular formula is C17H25NO2. The fraction of sp³-hybridized carbons (Fsp3) is 0.588. The fourth-order valence-corrected chi connectivity index (χ4v) is 2.61. The number of nitrogens with zero attached hydrogens (tertiary/aromatic N) is 1. The Morgan fingerprint density at radius 3 is 2.45 bits per heavy atom. The van der Waals surface area contributed by atoms with Gasteiger partial charge in [-0.2, -0.15) is 0 Å². The topological polar surface area (TPSA) is 29.5 Å². The van der Waals surface area contributed by atoms with Crippen LogP contribution in [0.25, 0.3) is 0 Å². The van der Waals surface area contributed by atoms with E-state index in [-0.39, 0.29) is 12.0 Å². The number of ether oxygens (including phenoxy) is 1. The van der Waals surface area contributed by atoms with Crippen LogP contribution in [0.1, 0.15) is 45.2 Å². The molecule has 0 spiro atoms. The lowest BCUT2D eigenvalue weighted by molar-refractivity contribution is -0.150. The number of carbonyl (C=O) groups is 1. The zero-order valence-corrected chi connectivity index (χ0v) is 12.7. The minimum absolute atomic E-state index is 0.119. The van der Waals surface area contributed by atoms with Crippen molar-refractivity contribution >= 4 is 5.97 Å². The summed E-state index contributed by atoms with van der Waals surface area (Å²) in [5, 5.41) is 0. The van der Waals surface area contributed by atoms with Crippen LogP contribution in [0.3, 0.4) is 0 Å². The molecule has 2 rings (SSSR count). The SMILES string of the molecule is CCOC(=O)C(c1ccccc1)N(CC(C)C)C1CC1. The van der Waals surface area contributed by atoms with Crippen LogP contribution in [-0.4, -0.2) is 30.1 Å². The molecular weight excluding hydrogens is 250 g/mol. The molecule has 3 nitrogen and oxygen atoms in total. The minimum Gasteiger partial charge on any atom is -0.465 e. The maximum Gasteiger partial charge on any atom is 0.328 e. The first-order chi connectivity index (χ1) is 9.63. The number of esters is 1. The van der Waals surface area contributed by atoms with Gasteiger partial charge in [0.15, 0.2) is 0 Å². The van der Waals surface area contributed by atoms with Crippen molar-refractivity contribution in [3.8, 4) is 0 Å². The van der Waals surface area contributed by atoms with E-state index in [0.29, 0.717) is 18.6 Å². The average molecular weight is 275 g/mol. The normalized spacial score (nSPS) is 16.4. The first kappa shape index (κ1) is 15.0. The second kappa shape index (κ2) is 6.89. The number of hydrogen-bond acceptors (Lipinski definition) is 3. The molecule has 1 unspecified atom stereocenters. The quantitative estimate of drug-likeness (QED) is 0.714. The van der Waals surface area contributed by atoms with E-state index in [1.54, 1.807) is 0 Å². The molecule has 0 aromatic heterocycles. The van der Waals surface area contributed by atoms with Gasteiger partial charge in [-0.1, -0.05) is 44.2 Å². The molecule has 1 aliphatic rings. The number of rotatable bonds is 7. The Morgan fingerprint density at radius 1 is 1.30 bits per heavy atom. The van der Waals surface area contributed by atoms with Crippen molar-refractivity contribution < 1.29 is 9.53 Å². The van der Waals surface area contributed by atoms with Gasteiger partial charge in [0, 0.05) is 12.6 Å². The predicted octanol–water partition coefficient (Wildman–Crippen LogP) is 3.41. The van der Waals surface area contributed by atoms with Crippen molar-refractivity contribution in [2.24, 2.45) is 5.92 Å². The maximum atomic E-state index is 12.4. The van der Waals surface area contributed by atoms with Crippen molar-refractivity contribution in [2.45, 2.75) is 45.7 Å². The van der Waals surface area contributed by atoms with Crippen LogP contribution in [0.15, 0.2) is 30.3 Å². The van der Waals surface area contributed by atoms with Crippen molar-refractivity contribution in [3.05, 3.63) is 35.9 Å². The van der Waals surface area contributed by atoms with Gasteiger partial charge in [0.25, 0.3) is 0 Å². The van der Waals surface area contributed by atoms with E-state index in [2.05, 4.69) is 18.7 Å². The Bertz CT molecular complexity index is 426. The van der Waals surface area contributed by atoms with Crippen LogP contribution < -0.4 is 0 Å². The first-order valence-corrected chi connectivity index (χ1v) is 7.60. The van der Waals surface area contributed by atoms with Crippen LogP contribution in [0.4, 0.5) is 0 Å². The Balaban J connectivity index is 2.26. The van der Waals surface area contributed by atoms with Gasteiger partial charge in [0.05, 0.1) is 6.61 Å². The van der Waals surface area contributed by atoms with E-state index < -0.39 is 0 Å². The fourth-order valence-electron chi connectivity index (χ4n) is 2.61. The highest BCUT2D eigenvalue weighted by atomic mass is 16.5. The standard InChI is InChI=1S/C17H25NO2/c1-4-20-17(19)16(14-8-6-5-7-9-14)18(12-13(2)3)15-10-11-15/h5-9,13,15-16H,4,10-12H2,1-3H3. The molecule has 0 aliphatic heterocycles. The smallest absolute Gasteiger partial charge is 0.328 e. The largest absolute Gasteiger partial charge is 0.465 e. The molecule has 0 heterocycles. The highest BCUT2D eigenvalue weighted by Crippen LogP contribution is 2.35. The minimum atomic E-state index is -0.258. The van der Waals surface area contributed by atoms with Crippen molar-refractivity contribution in [1.82, 2.24) is 4.90 Å². The van der Waals surface area contributed by atoms with Gasteiger partial charge in [0.1, 0.15) is 6.04 Å². The van der Waals surface area contributed by atoms with Gasteiger partial charge in [-0.3, -0.25) is 4.90 Å². The predicted molar refractivity (Wildman–Crippen MR) is 80.4 cm³/mol. The summed E-state index contributed by atoms with van der Waals surface area (Å²) >= 11 is 0. The van der Waals surface area contributed by atoms with E-state index in [1.165, 1.54) is 12.8 Å². The number of benzene rings is 1. The monoisotopic (exact) mass is 275 g/mol. The Hall–Kier alpha value is -1.35. The molecule has 110 valence electrons. The lowest BCUT2D eigenvalue weighted by atomic mass is 10.0. The number of hydrogen-bond donors (Lipinski definition) is 0. The van der Waals surface area contributed by atoms with Gasteiger partial charge in [-0.25, -0.2) is 4.79 Å². The summed E-state index contributed by atoms with van der Waals surface area (Å²) in [6.45, 7) is 7.63. The summed E-state index contributed by atoms with van der Waals surface area (Å²) in [6.07, 6.45) is 2.38. The van der Waals surface area contributed by atoms with Crippen molar-refractivity contribution in [1.29, 1.82) is 0 Å². The van der Waals surface area contributed by atoms with Crippen LogP contribution >= 0.6 is 0 Å². The summed E-state index contributed by atoms with van der Waals surface area (Å²) in [4.78, 5) is 14.8. The zero-order valence-electron chi connectivity index (χ0n) is 12.7. The molecule has 0 amide bonds. The lowest BCUT2D eigenvalue weighted by Gasteiger charge is -2.31. The summed E-state index contributed by atoms with van der Waals surface area (Å²) in [5.74, 6) is 0.419. The van der Waals surface area contributed by atoms with Gasteiger partial charge in [0.2, 0.25) is 0 Å². The van der Waals surface area contributed by atoms with Crippen LogP contribution in [0.2, 0.25) is 0 Å². The molecule has 0 saturated heterocycles. The molecule has 1 aromatic carbocycles. The molecule has 3 heteroatoms. The van der Waals surface area contributed by atoms with Gasteiger partial charge >= 0.3 is 5.97 Å². The molecule has 0 bridgehead atoms. The van der Waals surface area contributed by atoms with E-state index >= 15 is 0 Å². The van der Waals surface area contributed by atoms with Crippen molar-refractivity contribution in [2.75, 3.05) is 13.2 Å². The van der Waals surface area contributed by atoms with E-state index in [9.17, 15) is 4.79 Å². The molecule has 1 saturated carbocycles. The second-order valence-electron chi connectivity index (χ2n) is 5.89. The summed E-state index contributed by atoms with van der Waals surface area (Å²) in [5.41, 5.74) is 1.04. The summed E-state index contributed by atoms with van der Waals surface area (Å²) in [6, 6.07) is 10.3. The van der Waals surface area contributed by atoms with Crippen molar-refractivity contribution in [3.63, 3.8) is 0 Å². The van der Waals surface area contributed by atoms with Crippen LogP contribution in [-0.2, 0) is 9.53 Å². The molecule has 1 aliphatic carbocycles. The average Bonchev–Trinajstić information content (AvgIpc) is 3.23.